The number of rotatable bonds is 4. The molecule has 130 valence electrons. The van der Waals surface area contributed by atoms with Crippen molar-refractivity contribution in [1.82, 2.24) is 19.7 Å². The number of alkyl halides is 3. The van der Waals surface area contributed by atoms with Crippen LogP contribution in [0.15, 0.2) is 23.0 Å². The van der Waals surface area contributed by atoms with Gasteiger partial charge in [0, 0.05) is 13.6 Å². The maximum Gasteiger partial charge on any atom is 0.451 e. The maximum absolute atomic E-state index is 13.4. The van der Waals surface area contributed by atoms with Gasteiger partial charge in [0.25, 0.3) is 0 Å². The molecule has 0 radical (unpaired) electrons. The molecule has 0 atom stereocenters. The Labute approximate surface area is 133 Å². The second-order valence-corrected chi connectivity index (χ2v) is 5.18. The molecule has 0 saturated carbocycles. The van der Waals surface area contributed by atoms with Crippen molar-refractivity contribution in [2.24, 2.45) is 7.05 Å². The average molecular weight is 346 g/mol. The summed E-state index contributed by atoms with van der Waals surface area (Å²) in [6.45, 7) is 0.893. The van der Waals surface area contributed by atoms with Crippen molar-refractivity contribution in [3.63, 3.8) is 0 Å². The molecule has 2 rings (SSSR count). The van der Waals surface area contributed by atoms with Crippen LogP contribution in [0.4, 0.5) is 17.6 Å². The van der Waals surface area contributed by atoms with Crippen molar-refractivity contribution >= 4 is 5.91 Å². The van der Waals surface area contributed by atoms with Crippen LogP contribution in [-0.4, -0.2) is 20.3 Å². The molecule has 10 heteroatoms. The van der Waals surface area contributed by atoms with Gasteiger partial charge in [-0.05, 0) is 24.1 Å². The van der Waals surface area contributed by atoms with Gasteiger partial charge in [-0.3, -0.25) is 9.36 Å². The number of nitrogens with one attached hydrogen (secondary N) is 1. The molecule has 0 bridgehead atoms. The highest BCUT2D eigenvalue weighted by Gasteiger charge is 2.38. The van der Waals surface area contributed by atoms with Crippen LogP contribution in [-0.2, 0) is 31.1 Å². The van der Waals surface area contributed by atoms with Crippen molar-refractivity contribution in [1.29, 1.82) is 0 Å². The van der Waals surface area contributed by atoms with Crippen LogP contribution in [0, 0.1) is 12.7 Å². The zero-order chi connectivity index (χ0) is 18.1. The fraction of sp³-hybridized carbons (Fsp3) is 0.357. The van der Waals surface area contributed by atoms with E-state index < -0.39 is 36.0 Å². The van der Waals surface area contributed by atoms with E-state index in [0.29, 0.717) is 20.4 Å². The van der Waals surface area contributed by atoms with Gasteiger partial charge in [0.2, 0.25) is 11.7 Å². The fourth-order valence-corrected chi connectivity index (χ4v) is 1.98. The molecule has 0 fully saturated rings. The highest BCUT2D eigenvalue weighted by molar-refractivity contribution is 5.75. The Morgan fingerprint density at radius 2 is 2.00 bits per heavy atom. The Morgan fingerprint density at radius 1 is 1.33 bits per heavy atom. The molecule has 0 aliphatic carbocycles. The molecule has 0 aliphatic rings. The summed E-state index contributed by atoms with van der Waals surface area (Å²) in [7, 11) is 0.918. The highest BCUT2D eigenvalue weighted by atomic mass is 19.4. The number of carbonyl (C=O) groups is 1. The summed E-state index contributed by atoms with van der Waals surface area (Å²) < 4.78 is 52.1. The summed E-state index contributed by atoms with van der Waals surface area (Å²) in [6, 6.07) is 4.38. The molecular weight excluding hydrogens is 332 g/mol. The van der Waals surface area contributed by atoms with Crippen LogP contribution in [0.5, 0.6) is 0 Å². The lowest BCUT2D eigenvalue weighted by molar-refractivity contribution is -0.147. The quantitative estimate of drug-likeness (QED) is 0.850. The fourth-order valence-electron chi connectivity index (χ4n) is 1.98. The third-order valence-electron chi connectivity index (χ3n) is 3.31. The van der Waals surface area contributed by atoms with Gasteiger partial charge in [0.05, 0.1) is 0 Å². The first-order chi connectivity index (χ1) is 11.1. The van der Waals surface area contributed by atoms with Crippen molar-refractivity contribution in [2.45, 2.75) is 26.2 Å². The van der Waals surface area contributed by atoms with E-state index in [9.17, 15) is 27.2 Å². The number of hydrogen-bond acceptors (Lipinski definition) is 3. The maximum atomic E-state index is 13.4. The molecule has 0 spiro atoms. The number of nitrogens with zero attached hydrogens (tertiary/aromatic N) is 3. The molecular formula is C14H14F4N4O2. The van der Waals surface area contributed by atoms with E-state index in [1.54, 1.807) is 13.0 Å². The van der Waals surface area contributed by atoms with Gasteiger partial charge in [0.15, 0.2) is 0 Å². The Hall–Kier alpha value is -2.65. The summed E-state index contributed by atoms with van der Waals surface area (Å²) >= 11 is 0. The van der Waals surface area contributed by atoms with Crippen molar-refractivity contribution < 1.29 is 22.4 Å². The van der Waals surface area contributed by atoms with Gasteiger partial charge in [-0.25, -0.2) is 13.9 Å². The van der Waals surface area contributed by atoms with Crippen molar-refractivity contribution in [3.8, 4) is 0 Å². The molecule has 2 aromatic rings. The van der Waals surface area contributed by atoms with E-state index in [-0.39, 0.29) is 6.54 Å². The number of carbonyl (C=O) groups excluding carboxylic acids is 1. The van der Waals surface area contributed by atoms with E-state index in [1.165, 1.54) is 12.1 Å². The van der Waals surface area contributed by atoms with Crippen molar-refractivity contribution in [3.05, 3.63) is 51.5 Å². The largest absolute Gasteiger partial charge is 0.451 e. The minimum absolute atomic E-state index is 0.0241. The van der Waals surface area contributed by atoms with Gasteiger partial charge < -0.3 is 5.32 Å². The molecule has 0 unspecified atom stereocenters. The summed E-state index contributed by atoms with van der Waals surface area (Å²) in [5.41, 5.74) is -0.126. The summed E-state index contributed by atoms with van der Waals surface area (Å²) in [5.74, 6) is -2.54. The molecule has 1 amide bonds. The molecule has 1 aromatic carbocycles. The first-order valence-corrected chi connectivity index (χ1v) is 6.82. The van der Waals surface area contributed by atoms with Crippen LogP contribution in [0.2, 0.25) is 0 Å². The predicted octanol–water partition coefficient (Wildman–Crippen LogP) is 1.36. The Balaban J connectivity index is 2.05. The SMILES string of the molecule is Cc1ccc(CNC(=O)Cn2nc(C(F)(F)F)n(C)c2=O)cc1F. The van der Waals surface area contributed by atoms with Crippen LogP contribution in [0.1, 0.15) is 17.0 Å². The molecule has 0 aliphatic heterocycles. The number of benzene rings is 1. The lowest BCUT2D eigenvalue weighted by Crippen LogP contribution is -2.33. The highest BCUT2D eigenvalue weighted by Crippen LogP contribution is 2.25. The summed E-state index contributed by atoms with van der Waals surface area (Å²) in [5, 5.41) is 5.52. The van der Waals surface area contributed by atoms with Crippen molar-refractivity contribution in [2.75, 3.05) is 0 Å². The van der Waals surface area contributed by atoms with E-state index in [1.807, 2.05) is 0 Å². The zero-order valence-corrected chi connectivity index (χ0v) is 12.8. The molecule has 1 N–H and O–H groups in total. The normalized spacial score (nSPS) is 11.6. The number of amides is 1. The van der Waals surface area contributed by atoms with E-state index >= 15 is 0 Å². The summed E-state index contributed by atoms with van der Waals surface area (Å²) in [4.78, 5) is 23.4. The van der Waals surface area contributed by atoms with Gasteiger partial charge >= 0.3 is 11.9 Å². The molecule has 6 nitrogen and oxygen atoms in total. The molecule has 0 saturated heterocycles. The minimum atomic E-state index is -4.80. The van der Waals surface area contributed by atoms with Crippen LogP contribution < -0.4 is 11.0 Å². The van der Waals surface area contributed by atoms with Crippen LogP contribution in [0.25, 0.3) is 0 Å². The standard InChI is InChI=1S/C14H14F4N4O2/c1-8-3-4-9(5-10(8)15)6-19-11(23)7-22-13(24)21(2)12(20-22)14(16,17)18/h3-5H,6-7H2,1-2H3,(H,19,23). The Bertz CT molecular complexity index is 823. The van der Waals surface area contributed by atoms with E-state index in [4.69, 9.17) is 0 Å². The van der Waals surface area contributed by atoms with E-state index in [2.05, 4.69) is 10.4 Å². The Morgan fingerprint density at radius 3 is 2.54 bits per heavy atom. The smallest absolute Gasteiger partial charge is 0.350 e. The van der Waals surface area contributed by atoms with Gasteiger partial charge in [-0.2, -0.15) is 13.2 Å². The van der Waals surface area contributed by atoms with Gasteiger partial charge in [0.1, 0.15) is 12.4 Å². The number of aromatic nitrogens is 3. The second kappa shape index (κ2) is 6.46. The first kappa shape index (κ1) is 17.7. The third-order valence-corrected chi connectivity index (χ3v) is 3.31. The second-order valence-electron chi connectivity index (χ2n) is 5.18. The Kier molecular flexibility index (Phi) is 4.76. The third kappa shape index (κ3) is 3.81. The molecule has 24 heavy (non-hydrogen) atoms. The van der Waals surface area contributed by atoms with Crippen LogP contribution in [0.3, 0.4) is 0 Å². The summed E-state index contributed by atoms with van der Waals surface area (Å²) in [6.07, 6.45) is -4.80. The molecule has 1 aromatic heterocycles. The minimum Gasteiger partial charge on any atom is -0.350 e. The number of halogens is 4. The van der Waals surface area contributed by atoms with Crippen LogP contribution >= 0.6 is 0 Å². The predicted molar refractivity (Wildman–Crippen MR) is 75.5 cm³/mol. The lowest BCUT2D eigenvalue weighted by atomic mass is 10.1. The number of hydrogen-bond donors (Lipinski definition) is 1. The molecule has 1 heterocycles. The van der Waals surface area contributed by atoms with E-state index in [0.717, 1.165) is 7.05 Å². The zero-order valence-electron chi connectivity index (χ0n) is 12.8. The topological polar surface area (TPSA) is 68.9 Å². The monoisotopic (exact) mass is 346 g/mol. The first-order valence-electron chi connectivity index (χ1n) is 6.82. The number of aryl methyl sites for hydroxylation is 1. The lowest BCUT2D eigenvalue weighted by Gasteiger charge is -2.06. The van der Waals surface area contributed by atoms with Gasteiger partial charge in [-0.15, -0.1) is 5.10 Å². The average Bonchev–Trinajstić information content (AvgIpc) is 2.77. The van der Waals surface area contributed by atoms with Gasteiger partial charge in [-0.1, -0.05) is 12.1 Å².